The summed E-state index contributed by atoms with van der Waals surface area (Å²) in [6, 6.07) is 7.45. The van der Waals surface area contributed by atoms with Crippen LogP contribution in [0.25, 0.3) is 0 Å². The number of guanidine groups is 1. The zero-order valence-corrected chi connectivity index (χ0v) is 40.7. The van der Waals surface area contributed by atoms with Crippen LogP contribution in [0.2, 0.25) is 0 Å². The lowest BCUT2D eigenvalue weighted by molar-refractivity contribution is -0.141. The Kier molecular flexibility index (Phi) is 25.1. The lowest BCUT2D eigenvalue weighted by Gasteiger charge is -2.27. The molecule has 0 fully saturated rings. The fourth-order valence-corrected chi connectivity index (χ4v) is 6.95. The van der Waals surface area contributed by atoms with Crippen LogP contribution in [0, 0.1) is 0 Å². The summed E-state index contributed by atoms with van der Waals surface area (Å²) in [6.07, 6.45) is 1.63. The van der Waals surface area contributed by atoms with Crippen molar-refractivity contribution in [2.45, 2.75) is 80.8 Å². The minimum atomic E-state index is -1.70. The number of hydrogen-bond acceptors (Lipinski definition) is 15. The number of carbonyl (C=O) groups is 10. The molecule has 7 atom stereocenters. The number of aliphatic carboxylic acids is 1. The summed E-state index contributed by atoms with van der Waals surface area (Å²) in [5.74, 6) is -9.91. The molecule has 0 unspecified atom stereocenters. The first-order valence-corrected chi connectivity index (χ1v) is 23.5. The van der Waals surface area contributed by atoms with Gasteiger partial charge in [-0.15, -0.1) is 0 Å². The first-order valence-electron chi connectivity index (χ1n) is 22.2. The fourth-order valence-electron chi connectivity index (χ4n) is 6.54. The average molecular weight is 1040 g/mol. The lowest BCUT2D eigenvalue weighted by atomic mass is 10.0. The molecule has 18 N–H and O–H groups in total. The number of hydrogen-bond donors (Lipinski definition) is 16. The van der Waals surface area contributed by atoms with E-state index in [4.69, 9.17) is 22.9 Å². The van der Waals surface area contributed by atoms with E-state index >= 15 is 0 Å². The van der Waals surface area contributed by atoms with Crippen molar-refractivity contribution >= 4 is 90.4 Å². The predicted octanol–water partition coefficient (Wildman–Crippen LogP) is -5.22. The summed E-state index contributed by atoms with van der Waals surface area (Å²) < 4.78 is 0. The quantitative estimate of drug-likeness (QED) is 0.0124. The van der Waals surface area contributed by atoms with E-state index in [-0.39, 0.29) is 56.1 Å². The first-order chi connectivity index (χ1) is 34.3. The Bertz CT molecular complexity index is 2340. The van der Waals surface area contributed by atoms with Gasteiger partial charge in [0, 0.05) is 49.2 Å². The van der Waals surface area contributed by atoms with E-state index in [0.717, 1.165) is 0 Å². The molecule has 0 aliphatic carbocycles. The van der Waals surface area contributed by atoms with Gasteiger partial charge in [0.2, 0.25) is 53.2 Å². The van der Waals surface area contributed by atoms with Gasteiger partial charge in [0.25, 0.3) is 0 Å². The zero-order chi connectivity index (χ0) is 53.2. The maximum absolute atomic E-state index is 14.3. The molecule has 2 aromatic carbocycles. The highest BCUT2D eigenvalue weighted by atomic mass is 32.1. The number of H-pyrrole nitrogens is 1. The summed E-state index contributed by atoms with van der Waals surface area (Å²) in [5, 5.41) is 29.0. The van der Waals surface area contributed by atoms with Gasteiger partial charge in [-0.05, 0) is 24.0 Å². The van der Waals surface area contributed by atoms with Crippen molar-refractivity contribution < 1.29 is 53.1 Å². The van der Waals surface area contributed by atoms with Gasteiger partial charge in [-0.1, -0.05) is 60.7 Å². The number of imidazole rings is 1. The SMILES string of the molecule is NC(=O)C[C@H](NC(=O)CNC(=O)CNC(=O)[C@H](Cc1ccccc1)NC(=O)[C@@H](N)CS)C(=O)N[C@@H](Cc1ccccc1)C(=O)N[C@@H](Cc1cnc[nH]1)C(=O)N[C@@H](CCCN=C(N)N)C(=O)N[C@@H](CS)C(=O)O. The van der Waals surface area contributed by atoms with Crippen LogP contribution in [0.5, 0.6) is 0 Å². The number of aromatic amines is 1. The van der Waals surface area contributed by atoms with Crippen molar-refractivity contribution in [1.29, 1.82) is 0 Å². The van der Waals surface area contributed by atoms with Crippen LogP contribution in [-0.4, -0.2) is 154 Å². The van der Waals surface area contributed by atoms with E-state index < -0.39 is 121 Å². The molecule has 1 aromatic heterocycles. The first kappa shape index (κ1) is 58.6. The Hall–Kier alpha value is -7.72. The summed E-state index contributed by atoms with van der Waals surface area (Å²) >= 11 is 7.99. The maximum Gasteiger partial charge on any atom is 0.327 e. The predicted molar refractivity (Wildman–Crippen MR) is 267 cm³/mol. The van der Waals surface area contributed by atoms with Crippen LogP contribution in [-0.2, 0) is 67.2 Å². The Balaban J connectivity index is 1.78. The molecule has 0 spiro atoms. The van der Waals surface area contributed by atoms with Gasteiger partial charge in [-0.2, -0.15) is 25.3 Å². The Labute approximate surface area is 424 Å². The van der Waals surface area contributed by atoms with Crippen LogP contribution >= 0.6 is 25.3 Å². The van der Waals surface area contributed by atoms with Crippen LogP contribution < -0.4 is 65.5 Å². The molecule has 1 heterocycles. The minimum Gasteiger partial charge on any atom is -0.480 e. The van der Waals surface area contributed by atoms with Crippen LogP contribution in [0.3, 0.4) is 0 Å². The highest BCUT2D eigenvalue weighted by Gasteiger charge is 2.34. The molecule has 0 radical (unpaired) electrons. The average Bonchev–Trinajstić information content (AvgIpc) is 3.87. The molecule has 0 aliphatic heterocycles. The van der Waals surface area contributed by atoms with Crippen molar-refractivity contribution in [2.24, 2.45) is 27.9 Å². The van der Waals surface area contributed by atoms with Crippen molar-refractivity contribution in [1.82, 2.24) is 52.5 Å². The number of carboxylic acids is 1. The number of nitrogens with one attached hydrogen (secondary N) is 9. The molecule has 28 heteroatoms. The van der Waals surface area contributed by atoms with Gasteiger partial charge < -0.3 is 75.6 Å². The largest absolute Gasteiger partial charge is 0.480 e. The number of aromatic nitrogens is 2. The third-order valence-corrected chi connectivity index (χ3v) is 11.0. The van der Waals surface area contributed by atoms with Crippen molar-refractivity contribution in [3.05, 3.63) is 90.0 Å². The minimum absolute atomic E-state index is 0.00351. The van der Waals surface area contributed by atoms with Crippen molar-refractivity contribution in [3.8, 4) is 0 Å². The molecule has 0 saturated carbocycles. The highest BCUT2D eigenvalue weighted by Crippen LogP contribution is 2.09. The van der Waals surface area contributed by atoms with E-state index in [2.05, 4.69) is 82.8 Å². The molecule has 3 aromatic rings. The molecule has 9 amide bonds. The number of carbonyl (C=O) groups excluding carboxylic acids is 9. The topological polar surface area (TPSA) is 432 Å². The molecular weight excluding hydrogens is 979 g/mol. The highest BCUT2D eigenvalue weighted by molar-refractivity contribution is 7.80. The Morgan fingerprint density at radius 2 is 1.10 bits per heavy atom. The monoisotopic (exact) mass is 1040 g/mol. The van der Waals surface area contributed by atoms with Gasteiger partial charge in [0.1, 0.15) is 36.3 Å². The van der Waals surface area contributed by atoms with E-state index in [1.165, 1.54) is 12.5 Å². The van der Waals surface area contributed by atoms with E-state index in [1.54, 1.807) is 60.7 Å². The number of amides is 9. The third kappa shape index (κ3) is 21.5. The Morgan fingerprint density at radius 1 is 0.597 bits per heavy atom. The number of nitrogens with zero attached hydrogens (tertiary/aromatic N) is 2. The number of aliphatic imine (C=N–C) groups is 1. The fraction of sp³-hybridized carbons (Fsp3) is 0.409. The summed E-state index contributed by atoms with van der Waals surface area (Å²) in [7, 11) is 0. The second-order valence-electron chi connectivity index (χ2n) is 16.0. The van der Waals surface area contributed by atoms with Gasteiger partial charge in [0.05, 0.1) is 31.9 Å². The lowest BCUT2D eigenvalue weighted by Crippen LogP contribution is -2.60. The van der Waals surface area contributed by atoms with Crippen molar-refractivity contribution in [2.75, 3.05) is 31.1 Å². The number of benzene rings is 2. The second-order valence-corrected chi connectivity index (χ2v) is 16.7. The maximum atomic E-state index is 14.3. The number of nitrogens with two attached hydrogens (primary N) is 4. The van der Waals surface area contributed by atoms with Crippen LogP contribution in [0.4, 0.5) is 0 Å². The molecular formula is C44H61N15O11S2. The number of carboxylic acid groups (broad SMARTS) is 1. The molecule has 390 valence electrons. The molecule has 0 saturated heterocycles. The van der Waals surface area contributed by atoms with Gasteiger partial charge in [0.15, 0.2) is 5.96 Å². The summed E-state index contributed by atoms with van der Waals surface area (Å²) in [5.41, 5.74) is 23.6. The molecule has 0 bridgehead atoms. The normalized spacial score (nSPS) is 13.7. The van der Waals surface area contributed by atoms with Gasteiger partial charge in [-0.3, -0.25) is 48.1 Å². The summed E-state index contributed by atoms with van der Waals surface area (Å²) in [6.45, 7) is -1.35. The number of primary amides is 1. The summed E-state index contributed by atoms with van der Waals surface area (Å²) in [4.78, 5) is 142. The molecule has 26 nitrogen and oxygen atoms in total. The van der Waals surface area contributed by atoms with Crippen LogP contribution in [0.15, 0.2) is 78.2 Å². The third-order valence-electron chi connectivity index (χ3n) is 10.3. The van der Waals surface area contributed by atoms with Crippen molar-refractivity contribution in [3.63, 3.8) is 0 Å². The molecule has 3 rings (SSSR count). The molecule has 0 aliphatic rings. The second kappa shape index (κ2) is 30.8. The number of thiol groups is 2. The van der Waals surface area contributed by atoms with Gasteiger partial charge in [-0.25, -0.2) is 9.78 Å². The van der Waals surface area contributed by atoms with Crippen LogP contribution in [0.1, 0.15) is 36.1 Å². The standard InChI is InChI=1S/C44H61N15O11S2/c45-27(21-71)37(63)56-29(14-24-8-3-1-4-9-24)38(64)52-19-35(61)51-20-36(62)54-32(17-34(46)60)42(68)57-30(15-25-10-5-2-6-11-25)40(66)58-31(16-26-18-49-23-53-26)41(67)55-28(12-7-13-50-44(47)48)39(65)59-33(22-72)43(69)70/h1-6,8-11,18,23,27-33,71-72H,7,12-17,19-22,45H2,(H2,46,60)(H,49,53)(H,51,61)(H,52,64)(H,54,62)(H,55,67)(H,56,63)(H,57,68)(H,58,66)(H,59,65)(H,69,70)(H4,47,48,50)/t27-,28-,29-,30-,31-,32-,33-/m0/s1. The molecule has 72 heavy (non-hydrogen) atoms. The van der Waals surface area contributed by atoms with E-state index in [1.807, 2.05) is 0 Å². The van der Waals surface area contributed by atoms with E-state index in [9.17, 15) is 53.1 Å². The van der Waals surface area contributed by atoms with Gasteiger partial charge >= 0.3 is 5.97 Å². The number of rotatable bonds is 31. The van der Waals surface area contributed by atoms with E-state index in [0.29, 0.717) is 16.8 Å². The smallest absolute Gasteiger partial charge is 0.327 e. The zero-order valence-electron chi connectivity index (χ0n) is 38.9. The Morgan fingerprint density at radius 3 is 1.61 bits per heavy atom.